The zero-order valence-corrected chi connectivity index (χ0v) is 15.1. The fourth-order valence-electron chi connectivity index (χ4n) is 2.65. The smallest absolute Gasteiger partial charge is 0.338 e. The molecule has 0 aliphatic carbocycles. The SMILES string of the molecule is CCCCOC(=O)C1=C(C)Nc2nnnn2[C@H]1c1ccccc1Br. The Labute approximate surface area is 148 Å². The van der Waals surface area contributed by atoms with Crippen LogP contribution in [0.4, 0.5) is 5.95 Å². The fraction of sp³-hybridized carbons (Fsp3) is 0.375. The molecule has 0 unspecified atom stereocenters. The van der Waals surface area contributed by atoms with Crippen LogP contribution in [0.1, 0.15) is 38.3 Å². The number of nitrogens with one attached hydrogen (secondary N) is 1. The molecule has 0 saturated heterocycles. The first-order valence-corrected chi connectivity index (χ1v) is 8.60. The monoisotopic (exact) mass is 391 g/mol. The standard InChI is InChI=1S/C16H18BrN5O2/c1-3-4-9-24-15(23)13-10(2)18-16-19-20-21-22(16)14(13)11-7-5-6-8-12(11)17/h5-8,14H,3-4,9H2,1-2H3,(H,18,19,21)/t14-/m0/s1. The Bertz CT molecular complexity index is 786. The largest absolute Gasteiger partial charge is 0.462 e. The highest BCUT2D eigenvalue weighted by Crippen LogP contribution is 2.37. The molecule has 2 heterocycles. The van der Waals surface area contributed by atoms with Gasteiger partial charge in [0.25, 0.3) is 0 Å². The number of ether oxygens (including phenoxy) is 1. The summed E-state index contributed by atoms with van der Waals surface area (Å²) in [6.45, 7) is 4.29. The summed E-state index contributed by atoms with van der Waals surface area (Å²) >= 11 is 3.56. The van der Waals surface area contributed by atoms with Gasteiger partial charge in [0.2, 0.25) is 5.95 Å². The third-order valence-electron chi connectivity index (χ3n) is 3.86. The van der Waals surface area contributed by atoms with Crippen LogP contribution in [0.2, 0.25) is 0 Å². The Morgan fingerprint density at radius 2 is 2.21 bits per heavy atom. The molecule has 0 saturated carbocycles. The van der Waals surface area contributed by atoms with Gasteiger partial charge in [0.1, 0.15) is 6.04 Å². The van der Waals surface area contributed by atoms with Crippen molar-refractivity contribution in [2.45, 2.75) is 32.7 Å². The van der Waals surface area contributed by atoms with Gasteiger partial charge in [0.05, 0.1) is 12.2 Å². The third kappa shape index (κ3) is 3.06. The van der Waals surface area contributed by atoms with Crippen LogP contribution in [0.15, 0.2) is 40.0 Å². The number of nitrogens with zero attached hydrogens (tertiary/aromatic N) is 4. The zero-order valence-electron chi connectivity index (χ0n) is 13.5. The molecule has 0 amide bonds. The van der Waals surface area contributed by atoms with E-state index in [0.29, 0.717) is 23.8 Å². The number of esters is 1. The molecule has 1 aliphatic rings. The Morgan fingerprint density at radius 3 is 2.96 bits per heavy atom. The van der Waals surface area contributed by atoms with Gasteiger partial charge in [-0.2, -0.15) is 4.68 Å². The van der Waals surface area contributed by atoms with Crippen LogP contribution in [0.5, 0.6) is 0 Å². The van der Waals surface area contributed by atoms with E-state index in [1.165, 1.54) is 0 Å². The second-order valence-corrected chi connectivity index (χ2v) is 6.38. The topological polar surface area (TPSA) is 81.9 Å². The summed E-state index contributed by atoms with van der Waals surface area (Å²) in [6.07, 6.45) is 1.80. The molecule has 126 valence electrons. The molecule has 8 heteroatoms. The number of carbonyl (C=O) groups is 1. The lowest BCUT2D eigenvalue weighted by Gasteiger charge is -2.28. The first-order chi connectivity index (χ1) is 11.6. The van der Waals surface area contributed by atoms with Crippen LogP contribution in [0.3, 0.4) is 0 Å². The van der Waals surface area contributed by atoms with Gasteiger partial charge >= 0.3 is 5.97 Å². The fourth-order valence-corrected chi connectivity index (χ4v) is 3.15. The molecule has 0 radical (unpaired) electrons. The quantitative estimate of drug-likeness (QED) is 0.622. The number of hydrogen-bond donors (Lipinski definition) is 1. The van der Waals surface area contributed by atoms with Crippen molar-refractivity contribution in [1.29, 1.82) is 0 Å². The first-order valence-electron chi connectivity index (χ1n) is 7.80. The first kappa shape index (κ1) is 16.6. The Morgan fingerprint density at radius 1 is 1.42 bits per heavy atom. The number of unbranched alkanes of at least 4 members (excludes halogenated alkanes) is 1. The number of carbonyl (C=O) groups excluding carboxylic acids is 1. The highest BCUT2D eigenvalue weighted by Gasteiger charge is 2.35. The molecule has 3 rings (SSSR count). The van der Waals surface area contributed by atoms with Gasteiger partial charge in [-0.05, 0) is 35.4 Å². The predicted octanol–water partition coefficient (Wildman–Crippen LogP) is 3.07. The maximum absolute atomic E-state index is 12.7. The van der Waals surface area contributed by atoms with Gasteiger partial charge in [0, 0.05) is 10.2 Å². The number of fused-ring (bicyclic) bond motifs is 1. The normalized spacial score (nSPS) is 16.5. The average Bonchev–Trinajstić information content (AvgIpc) is 3.02. The lowest BCUT2D eigenvalue weighted by atomic mass is 9.96. The summed E-state index contributed by atoms with van der Waals surface area (Å²) in [4.78, 5) is 12.7. The van der Waals surface area contributed by atoms with Gasteiger partial charge in [-0.15, -0.1) is 0 Å². The van der Waals surface area contributed by atoms with E-state index in [9.17, 15) is 4.79 Å². The number of benzene rings is 1. The maximum atomic E-state index is 12.7. The van der Waals surface area contributed by atoms with Crippen molar-refractivity contribution in [1.82, 2.24) is 20.2 Å². The summed E-state index contributed by atoms with van der Waals surface area (Å²) < 4.78 is 7.92. The molecule has 0 bridgehead atoms. The van der Waals surface area contributed by atoms with E-state index >= 15 is 0 Å². The molecule has 0 fully saturated rings. The number of aromatic nitrogens is 4. The Balaban J connectivity index is 2.04. The molecule has 1 atom stereocenters. The summed E-state index contributed by atoms with van der Waals surface area (Å²) in [5, 5.41) is 14.8. The van der Waals surface area contributed by atoms with Crippen LogP contribution < -0.4 is 5.32 Å². The zero-order chi connectivity index (χ0) is 17.1. The number of tetrazole rings is 1. The van der Waals surface area contributed by atoms with Gasteiger partial charge in [-0.25, -0.2) is 4.79 Å². The molecule has 2 aromatic rings. The van der Waals surface area contributed by atoms with E-state index in [4.69, 9.17) is 4.74 Å². The van der Waals surface area contributed by atoms with Crippen molar-refractivity contribution in [3.8, 4) is 0 Å². The van der Waals surface area contributed by atoms with E-state index in [1.807, 2.05) is 31.2 Å². The van der Waals surface area contributed by atoms with Crippen LogP contribution in [-0.4, -0.2) is 32.8 Å². The summed E-state index contributed by atoms with van der Waals surface area (Å²) in [5.74, 6) is 0.147. The Kier molecular flexibility index (Phi) is 4.94. The molecular weight excluding hydrogens is 374 g/mol. The number of anilines is 1. The molecule has 0 spiro atoms. The number of hydrogen-bond acceptors (Lipinski definition) is 6. The van der Waals surface area contributed by atoms with E-state index in [2.05, 4.69) is 43.7 Å². The van der Waals surface area contributed by atoms with Crippen molar-refractivity contribution >= 4 is 27.8 Å². The summed E-state index contributed by atoms with van der Waals surface area (Å²) in [7, 11) is 0. The lowest BCUT2D eigenvalue weighted by Crippen LogP contribution is -2.30. The van der Waals surface area contributed by atoms with Crippen molar-refractivity contribution < 1.29 is 9.53 Å². The molecule has 1 N–H and O–H groups in total. The van der Waals surface area contributed by atoms with Gasteiger partial charge in [-0.1, -0.05) is 52.6 Å². The minimum Gasteiger partial charge on any atom is -0.462 e. The molecule has 1 aromatic carbocycles. The second-order valence-electron chi connectivity index (χ2n) is 5.52. The number of rotatable bonds is 5. The van der Waals surface area contributed by atoms with Gasteiger partial charge in [0.15, 0.2) is 0 Å². The van der Waals surface area contributed by atoms with E-state index in [-0.39, 0.29) is 5.97 Å². The minimum atomic E-state index is -0.444. The second kappa shape index (κ2) is 7.12. The van der Waals surface area contributed by atoms with Gasteiger partial charge in [-0.3, -0.25) is 0 Å². The average molecular weight is 392 g/mol. The predicted molar refractivity (Wildman–Crippen MR) is 92.3 cm³/mol. The maximum Gasteiger partial charge on any atom is 0.338 e. The highest BCUT2D eigenvalue weighted by atomic mass is 79.9. The van der Waals surface area contributed by atoms with Crippen LogP contribution in [0, 0.1) is 0 Å². The van der Waals surface area contributed by atoms with Crippen molar-refractivity contribution in [2.24, 2.45) is 0 Å². The molecule has 1 aromatic heterocycles. The summed E-state index contributed by atoms with van der Waals surface area (Å²) in [5.41, 5.74) is 2.10. The molecule has 1 aliphatic heterocycles. The van der Waals surface area contributed by atoms with E-state index in [0.717, 1.165) is 22.9 Å². The van der Waals surface area contributed by atoms with E-state index in [1.54, 1.807) is 4.68 Å². The number of halogens is 1. The van der Waals surface area contributed by atoms with Gasteiger partial charge < -0.3 is 10.1 Å². The number of allylic oxidation sites excluding steroid dienone is 1. The Hall–Kier alpha value is -2.22. The highest BCUT2D eigenvalue weighted by molar-refractivity contribution is 9.10. The molecule has 7 nitrogen and oxygen atoms in total. The van der Waals surface area contributed by atoms with Crippen LogP contribution in [0.25, 0.3) is 0 Å². The van der Waals surface area contributed by atoms with E-state index < -0.39 is 6.04 Å². The molecule has 24 heavy (non-hydrogen) atoms. The van der Waals surface area contributed by atoms with Crippen LogP contribution >= 0.6 is 15.9 Å². The summed E-state index contributed by atoms with van der Waals surface area (Å²) in [6, 6.07) is 7.27. The molecular formula is C16H18BrN5O2. The van der Waals surface area contributed by atoms with Crippen molar-refractivity contribution in [3.05, 3.63) is 45.6 Å². The third-order valence-corrected chi connectivity index (χ3v) is 4.59. The van der Waals surface area contributed by atoms with Crippen molar-refractivity contribution in [3.63, 3.8) is 0 Å². The van der Waals surface area contributed by atoms with Crippen LogP contribution in [-0.2, 0) is 9.53 Å². The lowest BCUT2D eigenvalue weighted by molar-refractivity contribution is -0.139. The minimum absolute atomic E-state index is 0.352. The van der Waals surface area contributed by atoms with Crippen molar-refractivity contribution in [2.75, 3.05) is 11.9 Å².